The van der Waals surface area contributed by atoms with Gasteiger partial charge in [0, 0.05) is 21.8 Å². The van der Waals surface area contributed by atoms with Gasteiger partial charge in [0.25, 0.3) is 0 Å². The van der Waals surface area contributed by atoms with Gasteiger partial charge in [0.05, 0.1) is 0 Å². The van der Waals surface area contributed by atoms with E-state index >= 15 is 0 Å². The van der Waals surface area contributed by atoms with Crippen molar-refractivity contribution in [3.63, 3.8) is 0 Å². The second kappa shape index (κ2) is 2.62. The normalized spacial score (nSPS) is 39.6. The molecule has 0 aromatic heterocycles. The first-order chi connectivity index (χ1) is 3.80. The second-order valence-electron chi connectivity index (χ2n) is 2.39. The van der Waals surface area contributed by atoms with E-state index in [4.69, 9.17) is 0 Å². The summed E-state index contributed by atoms with van der Waals surface area (Å²) in [7, 11) is -0.485. The molecule has 1 nitrogen and oxygen atoms in total. The van der Waals surface area contributed by atoms with Gasteiger partial charge in [0.2, 0.25) is 0 Å². The van der Waals surface area contributed by atoms with Crippen LogP contribution in [0.4, 0.5) is 0 Å². The Kier molecular flexibility index (Phi) is 2.06. The summed E-state index contributed by atoms with van der Waals surface area (Å²) in [6, 6.07) is 0. The van der Waals surface area contributed by atoms with Crippen LogP contribution in [0.15, 0.2) is 0 Å². The Morgan fingerprint density at radius 2 is 2.25 bits per heavy atom. The smallest absolute Gasteiger partial charge is 0.0319 e. The lowest BCUT2D eigenvalue weighted by Gasteiger charge is -2.15. The molecule has 1 rings (SSSR count). The summed E-state index contributed by atoms with van der Waals surface area (Å²) >= 11 is 0. The van der Waals surface area contributed by atoms with E-state index in [-0.39, 0.29) is 0 Å². The molecule has 1 fully saturated rings. The summed E-state index contributed by atoms with van der Waals surface area (Å²) in [4.78, 5) is 0. The van der Waals surface area contributed by atoms with E-state index in [1.807, 2.05) is 0 Å². The van der Waals surface area contributed by atoms with Crippen molar-refractivity contribution >= 4 is 10.8 Å². The van der Waals surface area contributed by atoms with Gasteiger partial charge in [0.15, 0.2) is 0 Å². The molecule has 1 heterocycles. The number of rotatable bonds is 0. The van der Waals surface area contributed by atoms with Crippen molar-refractivity contribution in [1.29, 1.82) is 0 Å². The maximum absolute atomic E-state index is 10.9. The van der Waals surface area contributed by atoms with Crippen molar-refractivity contribution in [2.75, 3.05) is 5.75 Å². The van der Waals surface area contributed by atoms with E-state index in [2.05, 4.69) is 6.92 Å². The highest BCUT2D eigenvalue weighted by Gasteiger charge is 2.14. The van der Waals surface area contributed by atoms with Crippen LogP contribution in [0.2, 0.25) is 0 Å². The molecule has 1 aliphatic heterocycles. The highest BCUT2D eigenvalue weighted by Crippen LogP contribution is 2.14. The molecule has 8 heavy (non-hydrogen) atoms. The highest BCUT2D eigenvalue weighted by molar-refractivity contribution is 7.85. The van der Waals surface area contributed by atoms with Crippen LogP contribution in [0.3, 0.4) is 0 Å². The Balaban J connectivity index is 2.39. The van der Waals surface area contributed by atoms with Gasteiger partial charge in [-0.25, -0.2) is 0 Å². The van der Waals surface area contributed by atoms with Gasteiger partial charge in [-0.3, -0.25) is 4.21 Å². The SMILES string of the molecule is C[C@@H]1CCCCS1=O. The van der Waals surface area contributed by atoms with Crippen LogP contribution in [0.5, 0.6) is 0 Å². The molecule has 0 radical (unpaired) electrons. The molecule has 0 saturated carbocycles. The van der Waals surface area contributed by atoms with Gasteiger partial charge in [-0.15, -0.1) is 0 Å². The quantitative estimate of drug-likeness (QED) is 0.485. The zero-order valence-corrected chi connectivity index (χ0v) is 6.04. The average molecular weight is 132 g/mol. The van der Waals surface area contributed by atoms with Gasteiger partial charge in [-0.2, -0.15) is 0 Å². The molecule has 1 aliphatic rings. The Morgan fingerprint density at radius 3 is 2.62 bits per heavy atom. The molecule has 0 aliphatic carbocycles. The average Bonchev–Trinajstić information content (AvgIpc) is 1.77. The Bertz CT molecular complexity index is 101. The van der Waals surface area contributed by atoms with Crippen LogP contribution in [0.1, 0.15) is 26.2 Å². The van der Waals surface area contributed by atoms with E-state index in [0.29, 0.717) is 5.25 Å². The van der Waals surface area contributed by atoms with Crippen LogP contribution >= 0.6 is 0 Å². The highest BCUT2D eigenvalue weighted by atomic mass is 32.2. The molecule has 0 bridgehead atoms. The lowest BCUT2D eigenvalue weighted by atomic mass is 10.2. The molecule has 0 aromatic carbocycles. The van der Waals surface area contributed by atoms with E-state index in [1.165, 1.54) is 19.3 Å². The predicted octanol–water partition coefficient (Wildman–Crippen LogP) is 1.31. The third-order valence-corrected chi connectivity index (χ3v) is 3.48. The monoisotopic (exact) mass is 132 g/mol. The van der Waals surface area contributed by atoms with Crippen LogP contribution in [-0.2, 0) is 10.8 Å². The largest absolute Gasteiger partial charge is 0.259 e. The fraction of sp³-hybridized carbons (Fsp3) is 1.00. The molecule has 0 aromatic rings. The fourth-order valence-corrected chi connectivity index (χ4v) is 2.33. The minimum atomic E-state index is -0.485. The van der Waals surface area contributed by atoms with Crippen LogP contribution in [-0.4, -0.2) is 15.2 Å². The van der Waals surface area contributed by atoms with Crippen LogP contribution in [0, 0.1) is 0 Å². The van der Waals surface area contributed by atoms with Crippen molar-refractivity contribution in [3.05, 3.63) is 0 Å². The summed E-state index contributed by atoms with van der Waals surface area (Å²) in [5.74, 6) is 0.946. The Labute approximate surface area is 52.9 Å². The zero-order valence-electron chi connectivity index (χ0n) is 5.22. The van der Waals surface area contributed by atoms with Crippen molar-refractivity contribution in [2.24, 2.45) is 0 Å². The van der Waals surface area contributed by atoms with Crippen molar-refractivity contribution in [3.8, 4) is 0 Å². The molecular weight excluding hydrogens is 120 g/mol. The third kappa shape index (κ3) is 1.31. The standard InChI is InChI=1S/C6H12OS/c1-6-4-2-3-5-8(6)7/h6H,2-5H2,1H3/t6-,8?/m1/s1. The number of hydrogen-bond acceptors (Lipinski definition) is 1. The van der Waals surface area contributed by atoms with Gasteiger partial charge in [-0.1, -0.05) is 13.3 Å². The minimum Gasteiger partial charge on any atom is -0.259 e. The fourth-order valence-electron chi connectivity index (χ4n) is 1.01. The summed E-state index contributed by atoms with van der Waals surface area (Å²) < 4.78 is 10.9. The van der Waals surface area contributed by atoms with E-state index in [9.17, 15) is 4.21 Å². The minimum absolute atomic E-state index is 0.476. The predicted molar refractivity (Wildman–Crippen MR) is 36.3 cm³/mol. The van der Waals surface area contributed by atoms with Gasteiger partial charge in [-0.05, 0) is 12.8 Å². The summed E-state index contributed by atoms with van der Waals surface area (Å²) in [5.41, 5.74) is 0. The van der Waals surface area contributed by atoms with Gasteiger partial charge >= 0.3 is 0 Å². The summed E-state index contributed by atoms with van der Waals surface area (Å²) in [6.45, 7) is 2.08. The van der Waals surface area contributed by atoms with Crippen LogP contribution < -0.4 is 0 Å². The van der Waals surface area contributed by atoms with E-state index in [0.717, 1.165) is 5.75 Å². The van der Waals surface area contributed by atoms with Crippen LogP contribution in [0.25, 0.3) is 0 Å². The maximum Gasteiger partial charge on any atom is 0.0319 e. The van der Waals surface area contributed by atoms with Gasteiger partial charge < -0.3 is 0 Å². The Morgan fingerprint density at radius 1 is 1.50 bits per heavy atom. The summed E-state index contributed by atoms with van der Waals surface area (Å²) in [5, 5.41) is 0.476. The van der Waals surface area contributed by atoms with E-state index < -0.39 is 10.8 Å². The first-order valence-corrected chi connectivity index (χ1v) is 4.56. The Hall–Kier alpha value is 0.150. The van der Waals surface area contributed by atoms with E-state index in [1.54, 1.807) is 0 Å². The molecular formula is C6H12OS. The molecule has 2 heteroatoms. The van der Waals surface area contributed by atoms with Crippen molar-refractivity contribution in [2.45, 2.75) is 31.4 Å². The molecule has 2 atom stereocenters. The molecule has 48 valence electrons. The molecule has 0 N–H and O–H groups in total. The van der Waals surface area contributed by atoms with Crippen molar-refractivity contribution in [1.82, 2.24) is 0 Å². The zero-order chi connectivity index (χ0) is 5.98. The topological polar surface area (TPSA) is 17.1 Å². The molecule has 0 amide bonds. The summed E-state index contributed by atoms with van der Waals surface area (Å²) in [6.07, 6.45) is 3.64. The second-order valence-corrected chi connectivity index (χ2v) is 4.37. The first kappa shape index (κ1) is 6.27. The van der Waals surface area contributed by atoms with Crippen molar-refractivity contribution < 1.29 is 4.21 Å². The van der Waals surface area contributed by atoms with Gasteiger partial charge in [0.1, 0.15) is 0 Å². The molecule has 0 spiro atoms. The molecule has 1 unspecified atom stereocenters. The number of hydrogen-bond donors (Lipinski definition) is 0. The third-order valence-electron chi connectivity index (χ3n) is 1.65. The maximum atomic E-state index is 10.9. The lowest BCUT2D eigenvalue weighted by molar-refractivity contribution is 0.623. The molecule has 1 saturated heterocycles. The lowest BCUT2D eigenvalue weighted by Crippen LogP contribution is -2.18. The first-order valence-electron chi connectivity index (χ1n) is 3.18.